The van der Waals surface area contributed by atoms with E-state index in [1.165, 1.54) is 31.2 Å². The first-order chi connectivity index (χ1) is 8.79. The molecule has 1 fully saturated rings. The Bertz CT molecular complexity index is 358. The number of nitrogens with one attached hydrogen (secondary N) is 1. The van der Waals surface area contributed by atoms with Crippen molar-refractivity contribution in [2.24, 2.45) is 5.92 Å². The summed E-state index contributed by atoms with van der Waals surface area (Å²) in [6, 6.07) is 9.02. The molecule has 0 radical (unpaired) electrons. The summed E-state index contributed by atoms with van der Waals surface area (Å²) in [4.78, 5) is 0. The Morgan fingerprint density at radius 2 is 2.11 bits per heavy atom. The van der Waals surface area contributed by atoms with Crippen molar-refractivity contribution in [2.75, 3.05) is 6.61 Å². The Labute approximate surface area is 111 Å². The van der Waals surface area contributed by atoms with Crippen LogP contribution >= 0.6 is 0 Å². The van der Waals surface area contributed by atoms with Gasteiger partial charge in [0.1, 0.15) is 5.75 Å². The molecule has 1 aromatic carbocycles. The van der Waals surface area contributed by atoms with Crippen molar-refractivity contribution in [3.8, 4) is 5.75 Å². The molecule has 1 unspecified atom stereocenters. The molecule has 1 atom stereocenters. The minimum Gasteiger partial charge on any atom is -0.494 e. The van der Waals surface area contributed by atoms with E-state index in [4.69, 9.17) is 4.74 Å². The molecule has 1 aliphatic carbocycles. The van der Waals surface area contributed by atoms with Crippen molar-refractivity contribution < 1.29 is 4.74 Å². The fraction of sp³-hybridized carbons (Fsp3) is 0.625. The molecular formula is C16H25NO. The highest BCUT2D eigenvalue weighted by atomic mass is 16.5. The molecule has 2 nitrogen and oxygen atoms in total. The van der Waals surface area contributed by atoms with Crippen LogP contribution in [0.4, 0.5) is 0 Å². The van der Waals surface area contributed by atoms with Crippen molar-refractivity contribution in [3.05, 3.63) is 29.8 Å². The Morgan fingerprint density at radius 3 is 2.83 bits per heavy atom. The molecule has 1 aliphatic rings. The van der Waals surface area contributed by atoms with Gasteiger partial charge in [0, 0.05) is 12.6 Å². The maximum Gasteiger partial charge on any atom is 0.119 e. The molecule has 1 aromatic rings. The van der Waals surface area contributed by atoms with Crippen LogP contribution in [0.2, 0.25) is 0 Å². The lowest BCUT2D eigenvalue weighted by atomic mass is 9.99. The molecule has 1 saturated carbocycles. The van der Waals surface area contributed by atoms with E-state index >= 15 is 0 Å². The minimum absolute atomic E-state index is 0.628. The Morgan fingerprint density at radius 1 is 1.33 bits per heavy atom. The molecule has 100 valence electrons. The van der Waals surface area contributed by atoms with E-state index in [2.05, 4.69) is 30.4 Å². The molecular weight excluding hydrogens is 222 g/mol. The second kappa shape index (κ2) is 6.79. The largest absolute Gasteiger partial charge is 0.494 e. The van der Waals surface area contributed by atoms with E-state index in [-0.39, 0.29) is 0 Å². The van der Waals surface area contributed by atoms with Crippen molar-refractivity contribution >= 4 is 0 Å². The molecule has 0 aliphatic heterocycles. The third-order valence-electron chi connectivity index (χ3n) is 3.94. The fourth-order valence-electron chi connectivity index (χ4n) is 2.81. The van der Waals surface area contributed by atoms with Gasteiger partial charge in [-0.25, -0.2) is 0 Å². The lowest BCUT2D eigenvalue weighted by molar-refractivity contribution is 0.339. The van der Waals surface area contributed by atoms with Gasteiger partial charge in [0.25, 0.3) is 0 Å². The van der Waals surface area contributed by atoms with Gasteiger partial charge in [-0.05, 0) is 50.3 Å². The molecule has 0 aromatic heterocycles. The third kappa shape index (κ3) is 3.74. The molecule has 2 heteroatoms. The zero-order chi connectivity index (χ0) is 12.8. The molecule has 0 spiro atoms. The summed E-state index contributed by atoms with van der Waals surface area (Å²) in [6.45, 7) is 6.02. The van der Waals surface area contributed by atoms with Gasteiger partial charge in [0.2, 0.25) is 0 Å². The van der Waals surface area contributed by atoms with Crippen LogP contribution in [0.1, 0.15) is 45.1 Å². The summed E-state index contributed by atoms with van der Waals surface area (Å²) >= 11 is 0. The Hall–Kier alpha value is -1.02. The zero-order valence-corrected chi connectivity index (χ0v) is 11.6. The highest BCUT2D eigenvalue weighted by molar-refractivity contribution is 5.28. The second-order valence-electron chi connectivity index (χ2n) is 5.29. The van der Waals surface area contributed by atoms with Crippen LogP contribution in [0.15, 0.2) is 24.3 Å². The first-order valence-electron chi connectivity index (χ1n) is 7.24. The maximum atomic E-state index is 5.53. The summed E-state index contributed by atoms with van der Waals surface area (Å²) in [5, 5.41) is 3.65. The highest BCUT2D eigenvalue weighted by Crippen LogP contribution is 2.27. The van der Waals surface area contributed by atoms with E-state index < -0.39 is 0 Å². The SMILES string of the molecule is CCOc1cccc(CNC(C)C2CCCC2)c1. The standard InChI is InChI=1S/C16H25NO/c1-3-18-16-10-6-7-14(11-16)12-17-13(2)15-8-4-5-9-15/h6-7,10-11,13,15,17H,3-5,8-9,12H2,1-2H3. The van der Waals surface area contributed by atoms with Gasteiger partial charge in [-0.3, -0.25) is 0 Å². The van der Waals surface area contributed by atoms with Gasteiger partial charge in [-0.15, -0.1) is 0 Å². The fourth-order valence-corrected chi connectivity index (χ4v) is 2.81. The van der Waals surface area contributed by atoms with Crippen LogP contribution < -0.4 is 10.1 Å². The summed E-state index contributed by atoms with van der Waals surface area (Å²) in [5.41, 5.74) is 1.31. The van der Waals surface area contributed by atoms with Gasteiger partial charge < -0.3 is 10.1 Å². The van der Waals surface area contributed by atoms with Gasteiger partial charge in [-0.2, -0.15) is 0 Å². The molecule has 1 N–H and O–H groups in total. The monoisotopic (exact) mass is 247 g/mol. The molecule has 2 rings (SSSR count). The van der Waals surface area contributed by atoms with Crippen molar-refractivity contribution in [3.63, 3.8) is 0 Å². The summed E-state index contributed by atoms with van der Waals surface area (Å²) in [5.74, 6) is 1.85. The van der Waals surface area contributed by atoms with Gasteiger partial charge in [0.05, 0.1) is 6.61 Å². The first kappa shape index (κ1) is 13.4. The lowest BCUT2D eigenvalue weighted by Gasteiger charge is -2.20. The first-order valence-corrected chi connectivity index (χ1v) is 7.24. The highest BCUT2D eigenvalue weighted by Gasteiger charge is 2.20. The summed E-state index contributed by atoms with van der Waals surface area (Å²) < 4.78 is 5.53. The maximum absolute atomic E-state index is 5.53. The van der Waals surface area contributed by atoms with Crippen LogP contribution in [0.25, 0.3) is 0 Å². The van der Waals surface area contributed by atoms with Crippen LogP contribution in [0.3, 0.4) is 0 Å². The number of ether oxygens (including phenoxy) is 1. The van der Waals surface area contributed by atoms with E-state index in [1.807, 2.05) is 13.0 Å². The van der Waals surface area contributed by atoms with E-state index in [1.54, 1.807) is 0 Å². The number of hydrogen-bond donors (Lipinski definition) is 1. The lowest BCUT2D eigenvalue weighted by Crippen LogP contribution is -2.31. The zero-order valence-electron chi connectivity index (χ0n) is 11.6. The van der Waals surface area contributed by atoms with Crippen LogP contribution in [0.5, 0.6) is 5.75 Å². The van der Waals surface area contributed by atoms with Gasteiger partial charge >= 0.3 is 0 Å². The molecule has 0 saturated heterocycles. The Kier molecular flexibility index (Phi) is 5.06. The average molecular weight is 247 g/mol. The van der Waals surface area contributed by atoms with E-state index in [9.17, 15) is 0 Å². The topological polar surface area (TPSA) is 21.3 Å². The Balaban J connectivity index is 1.83. The number of benzene rings is 1. The molecule has 0 bridgehead atoms. The minimum atomic E-state index is 0.628. The molecule has 0 amide bonds. The predicted molar refractivity (Wildman–Crippen MR) is 75.9 cm³/mol. The van der Waals surface area contributed by atoms with Crippen LogP contribution in [-0.4, -0.2) is 12.6 Å². The smallest absolute Gasteiger partial charge is 0.119 e. The van der Waals surface area contributed by atoms with Gasteiger partial charge in [-0.1, -0.05) is 25.0 Å². The number of hydrogen-bond acceptors (Lipinski definition) is 2. The predicted octanol–water partition coefficient (Wildman–Crippen LogP) is 3.75. The summed E-state index contributed by atoms with van der Waals surface area (Å²) in [6.07, 6.45) is 5.62. The van der Waals surface area contributed by atoms with Crippen molar-refractivity contribution in [1.82, 2.24) is 5.32 Å². The van der Waals surface area contributed by atoms with Gasteiger partial charge in [0.15, 0.2) is 0 Å². The number of rotatable bonds is 6. The summed E-state index contributed by atoms with van der Waals surface area (Å²) in [7, 11) is 0. The van der Waals surface area contributed by atoms with Crippen LogP contribution in [0, 0.1) is 5.92 Å². The third-order valence-corrected chi connectivity index (χ3v) is 3.94. The van der Waals surface area contributed by atoms with Crippen molar-refractivity contribution in [2.45, 2.75) is 52.1 Å². The quantitative estimate of drug-likeness (QED) is 0.826. The normalized spacial score (nSPS) is 17.9. The van der Waals surface area contributed by atoms with Crippen LogP contribution in [-0.2, 0) is 6.54 Å². The molecule has 18 heavy (non-hydrogen) atoms. The second-order valence-corrected chi connectivity index (χ2v) is 5.29. The average Bonchev–Trinajstić information content (AvgIpc) is 2.91. The van der Waals surface area contributed by atoms with E-state index in [0.29, 0.717) is 6.04 Å². The molecule has 0 heterocycles. The van der Waals surface area contributed by atoms with Crippen molar-refractivity contribution in [1.29, 1.82) is 0 Å². The van der Waals surface area contributed by atoms with E-state index in [0.717, 1.165) is 24.8 Å².